The molecule has 0 radical (unpaired) electrons. The van der Waals surface area contributed by atoms with Crippen LogP contribution in [0.1, 0.15) is 121 Å². The zero-order valence-electron chi connectivity index (χ0n) is 27.9. The van der Waals surface area contributed by atoms with Gasteiger partial charge in [0.1, 0.15) is 0 Å². The summed E-state index contributed by atoms with van der Waals surface area (Å²) < 4.78 is 5.07. The maximum absolute atomic E-state index is 5.63. The topological polar surface area (TPSA) is 129 Å². The van der Waals surface area contributed by atoms with Crippen LogP contribution in [0.2, 0.25) is 0 Å². The van der Waals surface area contributed by atoms with Crippen molar-refractivity contribution in [2.45, 2.75) is 134 Å². The van der Waals surface area contributed by atoms with E-state index in [2.05, 4.69) is 23.0 Å². The number of likely N-dealkylation sites (tertiary alicyclic amines) is 1. The third-order valence-corrected chi connectivity index (χ3v) is 7.99. The van der Waals surface area contributed by atoms with Crippen molar-refractivity contribution in [3.05, 3.63) is 35.9 Å². The van der Waals surface area contributed by atoms with Crippen molar-refractivity contribution in [1.29, 1.82) is 0 Å². The zero-order valence-corrected chi connectivity index (χ0v) is 27.9. The van der Waals surface area contributed by atoms with Gasteiger partial charge in [0, 0.05) is 31.8 Å². The molecular weight excluding hydrogens is 520 g/mol. The molecule has 0 amide bonds. The van der Waals surface area contributed by atoms with E-state index in [0.717, 1.165) is 13.2 Å². The van der Waals surface area contributed by atoms with Gasteiger partial charge in [-0.1, -0.05) is 75.3 Å². The number of ether oxygens (including phenoxy) is 1. The molecule has 0 bridgehead atoms. The van der Waals surface area contributed by atoms with Gasteiger partial charge in [-0.15, -0.1) is 0 Å². The van der Waals surface area contributed by atoms with E-state index in [1.165, 1.54) is 154 Å². The molecule has 3 heterocycles. The molecule has 42 heavy (non-hydrogen) atoms. The van der Waals surface area contributed by atoms with Crippen molar-refractivity contribution in [2.75, 3.05) is 53.5 Å². The minimum absolute atomic E-state index is 0.536. The molecule has 0 unspecified atom stereocenters. The van der Waals surface area contributed by atoms with E-state index < -0.39 is 0 Å². The molecule has 2 saturated carbocycles. The van der Waals surface area contributed by atoms with Crippen LogP contribution in [-0.2, 0) is 11.3 Å². The zero-order chi connectivity index (χ0) is 30.9. The molecule has 1 aromatic rings. The standard InChI is InChI=1S/C7H9N.2C6H13N.2C5H11N.C5H10O.CH5N/c8-6-7-4-2-1-3-5-7;1-7-5-3-2-4-6-7;7-6-4-2-1-3-5-6;1-2-4-6-5-3-1;6-5-3-1-2-4-5;1-2-4-6-5-3-1;1-2/h1-5H,6,8H2;2-6H2,1H3;6H,1-5,7H2;6H,1-5H2;5H,1-4,6H2;1-5H2;2H2,1H3. The lowest BCUT2D eigenvalue weighted by molar-refractivity contribution is 0.0968. The predicted octanol–water partition coefficient (Wildman–Crippen LogP) is 5.93. The van der Waals surface area contributed by atoms with E-state index in [1.54, 1.807) is 0 Å². The fraction of sp³-hybridized carbons (Fsp3) is 0.829. The minimum atomic E-state index is 0.536. The van der Waals surface area contributed by atoms with Crippen molar-refractivity contribution in [1.82, 2.24) is 10.2 Å². The lowest BCUT2D eigenvalue weighted by Gasteiger charge is -2.20. The van der Waals surface area contributed by atoms with Gasteiger partial charge in [-0.2, -0.15) is 0 Å². The maximum atomic E-state index is 5.63. The van der Waals surface area contributed by atoms with Crippen molar-refractivity contribution in [2.24, 2.45) is 22.9 Å². The quantitative estimate of drug-likeness (QED) is 0.273. The fourth-order valence-corrected chi connectivity index (χ4v) is 5.25. The van der Waals surface area contributed by atoms with Crippen LogP contribution in [0.4, 0.5) is 0 Å². The van der Waals surface area contributed by atoms with Crippen LogP contribution in [0, 0.1) is 0 Å². The first-order chi connectivity index (χ1) is 20.6. The summed E-state index contributed by atoms with van der Waals surface area (Å²) in [5.41, 5.74) is 22.2. The second-order valence-electron chi connectivity index (χ2n) is 12.0. The second kappa shape index (κ2) is 32.8. The smallest absolute Gasteiger partial charge is 0.0466 e. The number of hydrogen-bond donors (Lipinski definition) is 5. The van der Waals surface area contributed by atoms with Crippen LogP contribution in [-0.4, -0.2) is 70.5 Å². The molecule has 3 aliphatic heterocycles. The summed E-state index contributed by atoms with van der Waals surface area (Å²) in [6.07, 6.45) is 24.3. The van der Waals surface area contributed by atoms with Crippen LogP contribution in [0.25, 0.3) is 0 Å². The van der Waals surface area contributed by atoms with E-state index >= 15 is 0 Å². The highest BCUT2D eigenvalue weighted by molar-refractivity contribution is 5.13. The highest BCUT2D eigenvalue weighted by atomic mass is 16.5. The van der Waals surface area contributed by atoms with Gasteiger partial charge in [0.25, 0.3) is 0 Å². The maximum Gasteiger partial charge on any atom is 0.0466 e. The molecule has 0 spiro atoms. The number of nitrogens with one attached hydrogen (secondary N) is 1. The molecule has 0 atom stereocenters. The highest BCUT2D eigenvalue weighted by Crippen LogP contribution is 2.15. The summed E-state index contributed by atoms with van der Waals surface area (Å²) in [4.78, 5) is 2.39. The van der Waals surface area contributed by atoms with Gasteiger partial charge < -0.3 is 37.9 Å². The molecule has 1 aromatic carbocycles. The molecule has 0 aromatic heterocycles. The Labute approximate surface area is 261 Å². The third-order valence-electron chi connectivity index (χ3n) is 7.99. The third kappa shape index (κ3) is 29.0. The van der Waals surface area contributed by atoms with Crippen LogP contribution in [0.5, 0.6) is 0 Å². The Morgan fingerprint density at radius 2 is 1.07 bits per heavy atom. The van der Waals surface area contributed by atoms with Crippen molar-refractivity contribution >= 4 is 0 Å². The van der Waals surface area contributed by atoms with E-state index in [1.807, 2.05) is 30.3 Å². The molecule has 2 aliphatic carbocycles. The first kappa shape index (κ1) is 40.9. The minimum Gasteiger partial charge on any atom is -0.381 e. The molecule has 7 nitrogen and oxygen atoms in total. The van der Waals surface area contributed by atoms with Gasteiger partial charge >= 0.3 is 0 Å². The molecule has 9 N–H and O–H groups in total. The van der Waals surface area contributed by atoms with E-state index in [9.17, 15) is 0 Å². The number of benzene rings is 1. The lowest BCUT2D eigenvalue weighted by atomic mass is 9.97. The van der Waals surface area contributed by atoms with Crippen molar-refractivity contribution < 1.29 is 4.74 Å². The largest absolute Gasteiger partial charge is 0.381 e. The summed E-state index contributed by atoms with van der Waals surface area (Å²) in [7, 11) is 3.69. The van der Waals surface area contributed by atoms with Gasteiger partial charge in [0.15, 0.2) is 0 Å². The second-order valence-corrected chi connectivity index (χ2v) is 12.0. The average Bonchev–Trinajstić information content (AvgIpc) is 3.57. The molecule has 3 saturated heterocycles. The van der Waals surface area contributed by atoms with Gasteiger partial charge in [0.05, 0.1) is 0 Å². The van der Waals surface area contributed by atoms with Gasteiger partial charge in [0.2, 0.25) is 0 Å². The van der Waals surface area contributed by atoms with E-state index in [4.69, 9.17) is 21.9 Å². The highest BCUT2D eigenvalue weighted by Gasteiger charge is 2.08. The molecule has 7 heteroatoms. The monoisotopic (exact) mass is 593 g/mol. The normalized spacial score (nSPS) is 20.8. The number of hydrogen-bond acceptors (Lipinski definition) is 7. The van der Waals surface area contributed by atoms with Crippen LogP contribution >= 0.6 is 0 Å². The molecule has 5 aliphatic rings. The average molecular weight is 593 g/mol. The Morgan fingerprint density at radius 1 is 0.643 bits per heavy atom. The van der Waals surface area contributed by atoms with Crippen LogP contribution < -0.4 is 28.3 Å². The fourth-order valence-electron chi connectivity index (χ4n) is 5.25. The Morgan fingerprint density at radius 3 is 1.31 bits per heavy atom. The SMILES string of the molecule is C1CCNCC1.C1CCOCC1.CN.CN1CCCCC1.NC1CCCC1.NC1CCCCC1.NCc1ccccc1. The summed E-state index contributed by atoms with van der Waals surface area (Å²) in [6.45, 7) is 7.78. The van der Waals surface area contributed by atoms with Crippen molar-refractivity contribution in [3.8, 4) is 0 Å². The summed E-state index contributed by atoms with van der Waals surface area (Å²) in [5.74, 6) is 0. The van der Waals surface area contributed by atoms with E-state index in [-0.39, 0.29) is 0 Å². The van der Waals surface area contributed by atoms with Crippen LogP contribution in [0.15, 0.2) is 30.3 Å². The number of nitrogens with zero attached hydrogens (tertiary/aromatic N) is 1. The van der Waals surface area contributed by atoms with Gasteiger partial charge in [-0.25, -0.2) is 0 Å². The van der Waals surface area contributed by atoms with Gasteiger partial charge in [-0.05, 0) is 116 Å². The summed E-state index contributed by atoms with van der Waals surface area (Å²) in [6, 6.07) is 11.1. The predicted molar refractivity (Wildman–Crippen MR) is 185 cm³/mol. The molecule has 5 fully saturated rings. The summed E-state index contributed by atoms with van der Waals surface area (Å²) >= 11 is 0. The van der Waals surface area contributed by atoms with Crippen molar-refractivity contribution in [3.63, 3.8) is 0 Å². The number of rotatable bonds is 1. The Balaban J connectivity index is 0.000000476. The Hall–Kier alpha value is -1.06. The number of piperidine rings is 2. The Kier molecular flexibility index (Phi) is 32.0. The first-order valence-corrected chi connectivity index (χ1v) is 17.4. The van der Waals surface area contributed by atoms with Crippen LogP contribution in [0.3, 0.4) is 0 Å². The lowest BCUT2D eigenvalue weighted by Crippen LogP contribution is -2.24. The first-order valence-electron chi connectivity index (χ1n) is 17.4. The molecule has 6 rings (SSSR count). The number of nitrogens with two attached hydrogens (primary N) is 4. The Bertz CT molecular complexity index is 558. The van der Waals surface area contributed by atoms with E-state index in [0.29, 0.717) is 18.6 Å². The molecule has 248 valence electrons. The molecular formula is C35H72N6O. The van der Waals surface area contributed by atoms with Gasteiger partial charge in [-0.3, -0.25) is 0 Å². The summed E-state index contributed by atoms with van der Waals surface area (Å²) in [5, 5.41) is 3.28.